The molecule has 0 fully saturated rings. The van der Waals surface area contributed by atoms with E-state index in [9.17, 15) is 0 Å². The van der Waals surface area contributed by atoms with Gasteiger partial charge < -0.3 is 11.5 Å². The highest BCUT2D eigenvalue weighted by molar-refractivity contribution is 8.05. The number of fused-ring (bicyclic) bond motifs is 2. The van der Waals surface area contributed by atoms with E-state index in [0.29, 0.717) is 0 Å². The van der Waals surface area contributed by atoms with Gasteiger partial charge >= 0.3 is 0 Å². The van der Waals surface area contributed by atoms with Crippen molar-refractivity contribution in [2.75, 3.05) is 11.5 Å². The first kappa shape index (κ1) is 9.93. The summed E-state index contributed by atoms with van der Waals surface area (Å²) in [6, 6.07) is 12.0. The highest BCUT2D eigenvalue weighted by Crippen LogP contribution is 2.50. The van der Waals surface area contributed by atoms with Gasteiger partial charge in [-0.2, -0.15) is 0 Å². The second-order valence-corrected chi connectivity index (χ2v) is 5.72. The third kappa shape index (κ3) is 1.54. The molecule has 0 bridgehead atoms. The van der Waals surface area contributed by atoms with Crippen LogP contribution in [-0.2, 0) is 0 Å². The van der Waals surface area contributed by atoms with Gasteiger partial charge in [0.2, 0.25) is 0 Å². The Bertz CT molecular complexity index is 567. The summed E-state index contributed by atoms with van der Waals surface area (Å²) in [5.74, 6) is 0. The van der Waals surface area contributed by atoms with Crippen molar-refractivity contribution in [1.82, 2.24) is 0 Å². The Morgan fingerprint density at radius 2 is 1.69 bits per heavy atom. The van der Waals surface area contributed by atoms with Crippen molar-refractivity contribution < 1.29 is 0 Å². The predicted octanol–water partition coefficient (Wildman–Crippen LogP) is 3.47. The van der Waals surface area contributed by atoms with Crippen LogP contribution < -0.4 is 11.5 Å². The summed E-state index contributed by atoms with van der Waals surface area (Å²) >= 11 is 3.45. The molecule has 0 aromatic heterocycles. The van der Waals surface area contributed by atoms with E-state index in [4.69, 9.17) is 11.5 Å². The largest absolute Gasteiger partial charge is 0.399 e. The molecule has 0 atom stereocenters. The maximum Gasteiger partial charge on any atom is 0.0491 e. The second kappa shape index (κ2) is 3.64. The summed E-state index contributed by atoms with van der Waals surface area (Å²) in [6.07, 6.45) is 0. The normalized spacial score (nSPS) is 13.0. The van der Waals surface area contributed by atoms with Crippen LogP contribution in [0.5, 0.6) is 0 Å². The molecule has 16 heavy (non-hydrogen) atoms. The summed E-state index contributed by atoms with van der Waals surface area (Å²) in [5, 5.41) is 0. The standard InChI is InChI=1S/C12H10N2S2/c13-7-4-5-9-11(6-7)16-12-8(14)2-1-3-10(12)15-9/h1-6H,13-14H2. The zero-order valence-electron chi connectivity index (χ0n) is 8.44. The van der Waals surface area contributed by atoms with E-state index in [1.165, 1.54) is 14.7 Å². The van der Waals surface area contributed by atoms with Crippen LogP contribution >= 0.6 is 23.5 Å². The fourth-order valence-corrected chi connectivity index (χ4v) is 3.97. The Kier molecular flexibility index (Phi) is 2.26. The lowest BCUT2D eigenvalue weighted by molar-refractivity contribution is 1.16. The molecular weight excluding hydrogens is 236 g/mol. The van der Waals surface area contributed by atoms with Gasteiger partial charge in [0.05, 0.1) is 0 Å². The minimum absolute atomic E-state index is 0.796. The van der Waals surface area contributed by atoms with Crippen molar-refractivity contribution in [3.8, 4) is 0 Å². The van der Waals surface area contributed by atoms with Gasteiger partial charge in [0.1, 0.15) is 0 Å². The number of hydrogen-bond donors (Lipinski definition) is 2. The fourth-order valence-electron chi connectivity index (χ4n) is 1.64. The van der Waals surface area contributed by atoms with Crippen molar-refractivity contribution in [1.29, 1.82) is 0 Å². The Labute approximate surface area is 102 Å². The van der Waals surface area contributed by atoms with Crippen LogP contribution in [0.2, 0.25) is 0 Å². The summed E-state index contributed by atoms with van der Waals surface area (Å²) < 4.78 is 0. The lowest BCUT2D eigenvalue weighted by atomic mass is 10.3. The Hall–Kier alpha value is -1.26. The molecule has 0 saturated carbocycles. The molecule has 3 rings (SSSR count). The molecule has 1 aliphatic heterocycles. The van der Waals surface area contributed by atoms with Crippen molar-refractivity contribution in [3.63, 3.8) is 0 Å². The molecule has 1 aliphatic rings. The third-order valence-corrected chi connectivity index (χ3v) is 5.02. The minimum atomic E-state index is 0.796. The SMILES string of the molecule is Nc1ccc2c(c1)Sc1c(N)cccc1S2. The van der Waals surface area contributed by atoms with Gasteiger partial charge in [0, 0.05) is 31.0 Å². The van der Waals surface area contributed by atoms with Gasteiger partial charge in [-0.3, -0.25) is 0 Å². The molecule has 1 heterocycles. The summed E-state index contributed by atoms with van der Waals surface area (Å²) in [7, 11) is 0. The molecule has 0 amide bonds. The lowest BCUT2D eigenvalue weighted by Crippen LogP contribution is -1.95. The summed E-state index contributed by atoms with van der Waals surface area (Å²) in [5.41, 5.74) is 13.4. The molecule has 4 heteroatoms. The Morgan fingerprint density at radius 1 is 0.812 bits per heavy atom. The van der Waals surface area contributed by atoms with Crippen LogP contribution in [0.1, 0.15) is 0 Å². The predicted molar refractivity (Wildman–Crippen MR) is 70.0 cm³/mol. The highest BCUT2D eigenvalue weighted by atomic mass is 32.2. The number of nitrogens with two attached hydrogens (primary N) is 2. The molecular formula is C12H10N2S2. The third-order valence-electron chi connectivity index (χ3n) is 2.41. The van der Waals surface area contributed by atoms with E-state index in [0.717, 1.165) is 16.3 Å². The molecule has 2 aromatic rings. The Balaban J connectivity index is 2.13. The monoisotopic (exact) mass is 246 g/mol. The summed E-state index contributed by atoms with van der Waals surface area (Å²) in [6.45, 7) is 0. The maximum absolute atomic E-state index is 5.97. The molecule has 0 spiro atoms. The van der Waals surface area contributed by atoms with E-state index in [1.54, 1.807) is 23.5 Å². The smallest absolute Gasteiger partial charge is 0.0491 e. The van der Waals surface area contributed by atoms with Crippen LogP contribution in [0.25, 0.3) is 0 Å². The van der Waals surface area contributed by atoms with E-state index in [1.807, 2.05) is 24.3 Å². The first-order valence-electron chi connectivity index (χ1n) is 4.88. The van der Waals surface area contributed by atoms with Gasteiger partial charge in [-0.15, -0.1) is 0 Å². The zero-order chi connectivity index (χ0) is 11.1. The number of rotatable bonds is 0. The van der Waals surface area contributed by atoms with Gasteiger partial charge in [0.15, 0.2) is 0 Å². The topological polar surface area (TPSA) is 52.0 Å². The Morgan fingerprint density at radius 3 is 2.56 bits per heavy atom. The lowest BCUT2D eigenvalue weighted by Gasteiger charge is -2.19. The average Bonchev–Trinajstić information content (AvgIpc) is 2.28. The molecule has 2 aromatic carbocycles. The molecule has 0 unspecified atom stereocenters. The molecule has 80 valence electrons. The van der Waals surface area contributed by atoms with Gasteiger partial charge in [0.25, 0.3) is 0 Å². The van der Waals surface area contributed by atoms with Crippen molar-refractivity contribution >= 4 is 34.9 Å². The molecule has 0 saturated heterocycles. The van der Waals surface area contributed by atoms with E-state index >= 15 is 0 Å². The molecule has 0 radical (unpaired) electrons. The average molecular weight is 246 g/mol. The molecule has 2 nitrogen and oxygen atoms in total. The summed E-state index contributed by atoms with van der Waals surface area (Å²) in [4.78, 5) is 4.81. The number of nitrogen functional groups attached to an aromatic ring is 2. The van der Waals surface area contributed by atoms with Crippen molar-refractivity contribution in [3.05, 3.63) is 36.4 Å². The van der Waals surface area contributed by atoms with Gasteiger partial charge in [-0.25, -0.2) is 0 Å². The molecule has 0 aliphatic carbocycles. The van der Waals surface area contributed by atoms with Crippen LogP contribution in [0.3, 0.4) is 0 Å². The van der Waals surface area contributed by atoms with Crippen LogP contribution in [0.15, 0.2) is 56.0 Å². The van der Waals surface area contributed by atoms with Gasteiger partial charge in [-0.05, 0) is 30.3 Å². The number of hydrogen-bond acceptors (Lipinski definition) is 4. The van der Waals surface area contributed by atoms with Crippen LogP contribution in [0.4, 0.5) is 11.4 Å². The van der Waals surface area contributed by atoms with E-state index in [-0.39, 0.29) is 0 Å². The highest BCUT2D eigenvalue weighted by Gasteiger charge is 2.18. The first-order chi connectivity index (χ1) is 7.74. The maximum atomic E-state index is 5.97. The number of benzene rings is 2. The van der Waals surface area contributed by atoms with E-state index in [2.05, 4.69) is 12.1 Å². The van der Waals surface area contributed by atoms with Crippen LogP contribution in [-0.4, -0.2) is 0 Å². The van der Waals surface area contributed by atoms with E-state index < -0.39 is 0 Å². The second-order valence-electron chi connectivity index (χ2n) is 3.58. The van der Waals surface area contributed by atoms with Gasteiger partial charge in [-0.1, -0.05) is 29.6 Å². The number of anilines is 2. The van der Waals surface area contributed by atoms with Crippen molar-refractivity contribution in [2.45, 2.75) is 19.6 Å². The molecule has 4 N–H and O–H groups in total. The van der Waals surface area contributed by atoms with Crippen LogP contribution in [0, 0.1) is 0 Å². The first-order valence-corrected chi connectivity index (χ1v) is 6.51. The quantitative estimate of drug-likeness (QED) is 0.596. The minimum Gasteiger partial charge on any atom is -0.399 e. The zero-order valence-corrected chi connectivity index (χ0v) is 10.1. The fraction of sp³-hybridized carbons (Fsp3) is 0. The van der Waals surface area contributed by atoms with Crippen molar-refractivity contribution in [2.24, 2.45) is 0 Å².